The minimum absolute atomic E-state index is 0.610. The molecular formula is C13H20ClN3. The summed E-state index contributed by atoms with van der Waals surface area (Å²) in [6.45, 7) is 5.38. The molecule has 0 spiro atoms. The van der Waals surface area contributed by atoms with Crippen molar-refractivity contribution in [1.29, 1.82) is 0 Å². The monoisotopic (exact) mass is 253 g/mol. The van der Waals surface area contributed by atoms with Crippen LogP contribution in [0.4, 0.5) is 11.4 Å². The molecular weight excluding hydrogens is 234 g/mol. The highest BCUT2D eigenvalue weighted by Crippen LogP contribution is 2.28. The minimum Gasteiger partial charge on any atom is -0.397 e. The summed E-state index contributed by atoms with van der Waals surface area (Å²) in [7, 11) is 2.19. The molecule has 3 nitrogen and oxygen atoms in total. The molecule has 1 aliphatic heterocycles. The lowest BCUT2D eigenvalue weighted by atomic mass is 10.1. The number of halogens is 1. The number of nitrogen functional groups attached to an aromatic ring is 1. The van der Waals surface area contributed by atoms with Crippen molar-refractivity contribution >= 4 is 23.0 Å². The number of anilines is 2. The first kappa shape index (κ1) is 12.5. The Hall–Kier alpha value is -0.930. The Morgan fingerprint density at radius 2 is 2.18 bits per heavy atom. The number of hydrogen-bond acceptors (Lipinski definition) is 3. The lowest BCUT2D eigenvalue weighted by molar-refractivity contribution is 0.213. The normalized spacial score (nSPS) is 21.8. The van der Waals surface area contributed by atoms with Crippen molar-refractivity contribution in [3.63, 3.8) is 0 Å². The zero-order valence-electron chi connectivity index (χ0n) is 10.5. The van der Waals surface area contributed by atoms with Gasteiger partial charge in [-0.05, 0) is 31.7 Å². The molecule has 17 heavy (non-hydrogen) atoms. The summed E-state index contributed by atoms with van der Waals surface area (Å²) in [5.41, 5.74) is 7.92. The molecule has 0 aromatic heterocycles. The van der Waals surface area contributed by atoms with Gasteiger partial charge in [-0.25, -0.2) is 0 Å². The van der Waals surface area contributed by atoms with E-state index >= 15 is 0 Å². The van der Waals surface area contributed by atoms with Gasteiger partial charge in [0.05, 0.1) is 11.4 Å². The lowest BCUT2D eigenvalue weighted by Gasteiger charge is -2.40. The van der Waals surface area contributed by atoms with Gasteiger partial charge in [0.2, 0.25) is 0 Å². The van der Waals surface area contributed by atoms with Crippen LogP contribution in [0.1, 0.15) is 13.3 Å². The van der Waals surface area contributed by atoms with Crippen molar-refractivity contribution in [3.05, 3.63) is 23.2 Å². The van der Waals surface area contributed by atoms with E-state index in [1.165, 1.54) is 6.42 Å². The van der Waals surface area contributed by atoms with Crippen molar-refractivity contribution in [1.82, 2.24) is 4.90 Å². The van der Waals surface area contributed by atoms with Crippen molar-refractivity contribution in [3.8, 4) is 0 Å². The SMILES string of the molecule is CCC1CN(c2ccc(Cl)cc2N)CCN1C. The van der Waals surface area contributed by atoms with Crippen LogP contribution >= 0.6 is 11.6 Å². The zero-order chi connectivity index (χ0) is 12.4. The molecule has 1 fully saturated rings. The number of nitrogens with zero attached hydrogens (tertiary/aromatic N) is 2. The third-order valence-electron chi connectivity index (χ3n) is 3.58. The fourth-order valence-electron chi connectivity index (χ4n) is 2.42. The fraction of sp³-hybridized carbons (Fsp3) is 0.538. The highest BCUT2D eigenvalue weighted by Gasteiger charge is 2.23. The summed E-state index contributed by atoms with van der Waals surface area (Å²) in [5.74, 6) is 0. The summed E-state index contributed by atoms with van der Waals surface area (Å²) in [5, 5.41) is 0.701. The largest absolute Gasteiger partial charge is 0.397 e. The first-order valence-electron chi connectivity index (χ1n) is 6.12. The third-order valence-corrected chi connectivity index (χ3v) is 3.81. The molecule has 1 aromatic carbocycles. The topological polar surface area (TPSA) is 32.5 Å². The second-order valence-electron chi connectivity index (χ2n) is 4.69. The molecule has 0 radical (unpaired) electrons. The molecule has 0 aliphatic carbocycles. The Labute approximate surface area is 108 Å². The third kappa shape index (κ3) is 2.67. The predicted molar refractivity (Wildman–Crippen MR) is 74.8 cm³/mol. The van der Waals surface area contributed by atoms with Gasteiger partial charge >= 0.3 is 0 Å². The van der Waals surface area contributed by atoms with Gasteiger partial charge in [0.15, 0.2) is 0 Å². The maximum absolute atomic E-state index is 6.03. The van der Waals surface area contributed by atoms with Crippen molar-refractivity contribution in [2.24, 2.45) is 0 Å². The maximum Gasteiger partial charge on any atom is 0.0601 e. The van der Waals surface area contributed by atoms with Crippen LogP contribution in [0.25, 0.3) is 0 Å². The summed E-state index contributed by atoms with van der Waals surface area (Å²) in [6, 6.07) is 6.37. The van der Waals surface area contributed by atoms with Crippen molar-refractivity contribution in [2.45, 2.75) is 19.4 Å². The Balaban J connectivity index is 2.17. The second kappa shape index (κ2) is 5.15. The van der Waals surface area contributed by atoms with Crippen molar-refractivity contribution < 1.29 is 0 Å². The Bertz CT molecular complexity index is 394. The van der Waals surface area contributed by atoms with Crippen molar-refractivity contribution in [2.75, 3.05) is 37.3 Å². The van der Waals surface area contributed by atoms with Gasteiger partial charge in [-0.1, -0.05) is 18.5 Å². The minimum atomic E-state index is 0.610. The Morgan fingerprint density at radius 3 is 2.82 bits per heavy atom. The van der Waals surface area contributed by atoms with E-state index in [9.17, 15) is 0 Å². The predicted octanol–water partition coefficient (Wildman–Crippen LogP) is 2.45. The maximum atomic E-state index is 6.03. The standard InChI is InChI=1S/C13H20ClN3/c1-3-11-9-17(7-6-16(11)2)13-5-4-10(14)8-12(13)15/h4-5,8,11H,3,6-7,9,15H2,1-2H3. The van der Waals surface area contributed by atoms with E-state index in [-0.39, 0.29) is 0 Å². The van der Waals surface area contributed by atoms with E-state index in [0.29, 0.717) is 11.1 Å². The fourth-order valence-corrected chi connectivity index (χ4v) is 2.60. The molecule has 1 saturated heterocycles. The first-order valence-corrected chi connectivity index (χ1v) is 6.49. The van der Waals surface area contributed by atoms with Crippen LogP contribution in [0.2, 0.25) is 5.02 Å². The van der Waals surface area contributed by atoms with E-state index in [0.717, 1.165) is 31.0 Å². The zero-order valence-corrected chi connectivity index (χ0v) is 11.2. The summed E-state index contributed by atoms with van der Waals surface area (Å²) >= 11 is 5.93. The van der Waals surface area contributed by atoms with Crippen LogP contribution in [-0.4, -0.2) is 37.6 Å². The van der Waals surface area contributed by atoms with E-state index in [1.54, 1.807) is 0 Å². The van der Waals surface area contributed by atoms with Crippen LogP contribution < -0.4 is 10.6 Å². The van der Waals surface area contributed by atoms with Crippen LogP contribution in [0, 0.1) is 0 Å². The van der Waals surface area contributed by atoms with E-state index in [4.69, 9.17) is 17.3 Å². The molecule has 1 unspecified atom stereocenters. The van der Waals surface area contributed by atoms with Gasteiger partial charge in [-0.3, -0.25) is 4.90 Å². The van der Waals surface area contributed by atoms with Gasteiger partial charge in [-0.15, -0.1) is 0 Å². The second-order valence-corrected chi connectivity index (χ2v) is 5.13. The highest BCUT2D eigenvalue weighted by atomic mass is 35.5. The van der Waals surface area contributed by atoms with E-state index < -0.39 is 0 Å². The van der Waals surface area contributed by atoms with Crippen LogP contribution in [-0.2, 0) is 0 Å². The number of likely N-dealkylation sites (N-methyl/N-ethyl adjacent to an activating group) is 1. The molecule has 94 valence electrons. The summed E-state index contributed by atoms with van der Waals surface area (Å²) in [6.07, 6.45) is 1.17. The van der Waals surface area contributed by atoms with E-state index in [2.05, 4.69) is 23.8 Å². The summed E-state index contributed by atoms with van der Waals surface area (Å²) in [4.78, 5) is 4.78. The molecule has 1 atom stereocenters. The Kier molecular flexibility index (Phi) is 3.79. The first-order chi connectivity index (χ1) is 8.11. The summed E-state index contributed by atoms with van der Waals surface area (Å²) < 4.78 is 0. The molecule has 0 saturated carbocycles. The molecule has 0 amide bonds. The molecule has 4 heteroatoms. The van der Waals surface area contributed by atoms with Gasteiger partial charge in [-0.2, -0.15) is 0 Å². The van der Waals surface area contributed by atoms with Gasteiger partial charge in [0, 0.05) is 30.7 Å². The molecule has 0 bridgehead atoms. The number of nitrogens with two attached hydrogens (primary N) is 1. The van der Waals surface area contributed by atoms with Gasteiger partial charge in [0.1, 0.15) is 0 Å². The average molecular weight is 254 g/mol. The molecule has 1 heterocycles. The number of rotatable bonds is 2. The van der Waals surface area contributed by atoms with Gasteiger partial charge in [0.25, 0.3) is 0 Å². The average Bonchev–Trinajstić information content (AvgIpc) is 2.30. The lowest BCUT2D eigenvalue weighted by Crippen LogP contribution is -2.51. The highest BCUT2D eigenvalue weighted by molar-refractivity contribution is 6.31. The number of piperazine rings is 1. The van der Waals surface area contributed by atoms with E-state index in [1.807, 2.05) is 18.2 Å². The molecule has 2 rings (SSSR count). The smallest absolute Gasteiger partial charge is 0.0601 e. The molecule has 2 N–H and O–H groups in total. The van der Waals surface area contributed by atoms with Crippen LogP contribution in [0.3, 0.4) is 0 Å². The molecule has 1 aliphatic rings. The quantitative estimate of drug-likeness (QED) is 0.822. The van der Waals surface area contributed by atoms with Crippen LogP contribution in [0.5, 0.6) is 0 Å². The van der Waals surface area contributed by atoms with Gasteiger partial charge < -0.3 is 10.6 Å². The number of benzene rings is 1. The van der Waals surface area contributed by atoms with Crippen LogP contribution in [0.15, 0.2) is 18.2 Å². The number of hydrogen-bond donors (Lipinski definition) is 1. The molecule has 1 aromatic rings. The Morgan fingerprint density at radius 1 is 1.41 bits per heavy atom.